The molecule has 0 saturated heterocycles. The number of esters is 1. The molecule has 0 spiro atoms. The maximum atomic E-state index is 13.0. The van der Waals surface area contributed by atoms with Crippen molar-refractivity contribution in [1.82, 2.24) is 0 Å². The predicted octanol–water partition coefficient (Wildman–Crippen LogP) is 2.81. The third-order valence-electron chi connectivity index (χ3n) is 5.41. The quantitative estimate of drug-likeness (QED) is 0.296. The number of ether oxygens (including phenoxy) is 1. The van der Waals surface area contributed by atoms with Crippen LogP contribution in [0.15, 0.2) is 88.4 Å². The Labute approximate surface area is 221 Å². The molecule has 3 aromatic carbocycles. The Kier molecular flexibility index (Phi) is 7.30. The van der Waals surface area contributed by atoms with Gasteiger partial charge in [-0.2, -0.15) is 0 Å². The third-order valence-corrected chi connectivity index (χ3v) is 6.69. The number of halogens is 1. The monoisotopic (exact) mass is 554 g/mol. The largest absolute Gasteiger partial charge is 0.465 e. The van der Waals surface area contributed by atoms with Crippen LogP contribution in [0.1, 0.15) is 20.7 Å². The number of benzene rings is 3. The van der Waals surface area contributed by atoms with E-state index in [0.717, 1.165) is 4.90 Å². The molecule has 1 aliphatic rings. The number of amides is 3. The van der Waals surface area contributed by atoms with Crippen LogP contribution in [-0.2, 0) is 24.3 Å². The second kappa shape index (κ2) is 10.5. The average molecular weight is 555 g/mol. The van der Waals surface area contributed by atoms with Crippen molar-refractivity contribution in [2.24, 2.45) is 5.14 Å². The average Bonchev–Trinajstić information content (AvgIpc) is 3.11. The third kappa shape index (κ3) is 5.42. The lowest BCUT2D eigenvalue weighted by Crippen LogP contribution is -2.32. The Balaban J connectivity index is 1.46. The molecule has 4 N–H and O–H groups in total. The van der Waals surface area contributed by atoms with Crippen LogP contribution in [-0.4, -0.2) is 39.2 Å². The van der Waals surface area contributed by atoms with E-state index in [1.807, 2.05) is 0 Å². The molecule has 0 radical (unpaired) electrons. The summed E-state index contributed by atoms with van der Waals surface area (Å²) < 4.78 is 27.4. The number of nitrogens with two attached hydrogens (primary N) is 1. The van der Waals surface area contributed by atoms with Crippen LogP contribution in [0.2, 0.25) is 0 Å². The van der Waals surface area contributed by atoms with Crippen molar-refractivity contribution < 1.29 is 32.3 Å². The first-order valence-corrected chi connectivity index (χ1v) is 12.7. The van der Waals surface area contributed by atoms with Crippen molar-refractivity contribution in [1.29, 1.82) is 0 Å². The summed E-state index contributed by atoms with van der Waals surface area (Å²) in [5.74, 6) is -2.61. The van der Waals surface area contributed by atoms with E-state index in [4.69, 9.17) is 16.7 Å². The number of rotatable bonds is 7. The van der Waals surface area contributed by atoms with Gasteiger partial charge in [0, 0.05) is 16.9 Å². The molecular weight excluding hydrogens is 536 g/mol. The van der Waals surface area contributed by atoms with E-state index in [0.29, 0.717) is 11.4 Å². The summed E-state index contributed by atoms with van der Waals surface area (Å²) in [4.78, 5) is 50.9. The van der Waals surface area contributed by atoms with Gasteiger partial charge in [0.25, 0.3) is 17.7 Å². The molecule has 0 aliphatic carbocycles. The number of nitrogens with zero attached hydrogens (tertiary/aromatic N) is 1. The van der Waals surface area contributed by atoms with Gasteiger partial charge in [0.2, 0.25) is 10.0 Å². The molecule has 0 aromatic heterocycles. The number of primary sulfonamides is 1. The topological polar surface area (TPSA) is 165 Å². The van der Waals surface area contributed by atoms with Gasteiger partial charge in [-0.3, -0.25) is 14.4 Å². The number of nitrogens with one attached hydrogen (secondary N) is 2. The number of hydrogen-bond donors (Lipinski definition) is 3. The van der Waals surface area contributed by atoms with Crippen LogP contribution in [0.4, 0.5) is 17.1 Å². The Morgan fingerprint density at radius 3 is 2.13 bits per heavy atom. The van der Waals surface area contributed by atoms with Gasteiger partial charge in [-0.15, -0.1) is 0 Å². The number of anilines is 3. The molecule has 194 valence electrons. The lowest BCUT2D eigenvalue weighted by atomic mass is 10.2. The van der Waals surface area contributed by atoms with Gasteiger partial charge < -0.3 is 15.4 Å². The first kappa shape index (κ1) is 26.5. The zero-order valence-corrected chi connectivity index (χ0v) is 21.2. The van der Waals surface area contributed by atoms with Crippen LogP contribution in [0, 0.1) is 0 Å². The number of imide groups is 1. The van der Waals surface area contributed by atoms with E-state index >= 15 is 0 Å². The molecule has 4 rings (SSSR count). The molecule has 0 atom stereocenters. The molecule has 0 fully saturated rings. The first-order valence-electron chi connectivity index (χ1n) is 10.8. The minimum absolute atomic E-state index is 0.0893. The number of hydrogen-bond acceptors (Lipinski definition) is 8. The van der Waals surface area contributed by atoms with Gasteiger partial charge in [-0.05, 0) is 66.7 Å². The lowest BCUT2D eigenvalue weighted by molar-refractivity contribution is -0.120. The van der Waals surface area contributed by atoms with Crippen molar-refractivity contribution in [2.75, 3.05) is 22.6 Å². The number of sulfonamides is 1. The van der Waals surface area contributed by atoms with Crippen LogP contribution in [0.5, 0.6) is 0 Å². The van der Waals surface area contributed by atoms with Gasteiger partial charge in [-0.1, -0.05) is 17.7 Å². The van der Waals surface area contributed by atoms with E-state index in [1.165, 1.54) is 79.9 Å². The van der Waals surface area contributed by atoms with Crippen molar-refractivity contribution in [3.05, 3.63) is 94.7 Å². The van der Waals surface area contributed by atoms with Crippen LogP contribution >= 0.6 is 11.6 Å². The summed E-state index contributed by atoms with van der Waals surface area (Å²) in [6, 6.07) is 17.1. The van der Waals surface area contributed by atoms with E-state index in [-0.39, 0.29) is 32.4 Å². The molecule has 38 heavy (non-hydrogen) atoms. The highest BCUT2D eigenvalue weighted by Gasteiger charge is 2.39. The number of carbonyl (C=O) groups excluding carboxylic acids is 4. The van der Waals surface area contributed by atoms with Crippen molar-refractivity contribution in [2.45, 2.75) is 4.90 Å². The Bertz CT molecular complexity index is 1600. The van der Waals surface area contributed by atoms with Gasteiger partial charge in [0.05, 0.1) is 23.3 Å². The number of methoxy groups -OCH3 is 1. The standard InChI is InChI=1S/C25H19ClN4O7S/c1-37-25(34)15-3-2-4-18(13-15)30-23(32)20(26)21(24(30)33)28-16-7-5-14(6-8-16)22(31)29-17-9-11-19(12-10-17)38(27,35)36/h2-13,28H,1H3,(H,29,31)(H2,27,35,36). The fraction of sp³-hybridized carbons (Fsp3) is 0.0400. The van der Waals surface area contributed by atoms with E-state index in [9.17, 15) is 27.6 Å². The van der Waals surface area contributed by atoms with E-state index in [1.54, 1.807) is 0 Å². The highest BCUT2D eigenvalue weighted by molar-refractivity contribution is 7.89. The maximum Gasteiger partial charge on any atom is 0.337 e. The Morgan fingerprint density at radius 1 is 0.895 bits per heavy atom. The minimum Gasteiger partial charge on any atom is -0.465 e. The van der Waals surface area contributed by atoms with Gasteiger partial charge in [0.15, 0.2) is 0 Å². The highest BCUT2D eigenvalue weighted by Crippen LogP contribution is 2.30. The summed E-state index contributed by atoms with van der Waals surface area (Å²) in [5, 5.41) is 10.1. The molecule has 11 nitrogen and oxygen atoms in total. The van der Waals surface area contributed by atoms with Gasteiger partial charge in [0.1, 0.15) is 10.7 Å². The summed E-state index contributed by atoms with van der Waals surface area (Å²) >= 11 is 6.16. The lowest BCUT2D eigenvalue weighted by Gasteiger charge is -2.16. The second-order valence-corrected chi connectivity index (χ2v) is 9.84. The molecule has 13 heteroatoms. The van der Waals surface area contributed by atoms with Gasteiger partial charge in [-0.25, -0.2) is 23.3 Å². The zero-order chi connectivity index (χ0) is 27.6. The molecule has 0 bridgehead atoms. The van der Waals surface area contributed by atoms with Crippen molar-refractivity contribution in [3.8, 4) is 0 Å². The normalized spacial score (nSPS) is 13.5. The SMILES string of the molecule is COC(=O)c1cccc(N2C(=O)C(Cl)=C(Nc3ccc(C(=O)Nc4ccc(S(N)(=O)=O)cc4)cc3)C2=O)c1. The fourth-order valence-corrected chi connectivity index (χ4v) is 4.24. The first-order chi connectivity index (χ1) is 18.0. The van der Waals surface area contributed by atoms with Crippen molar-refractivity contribution >= 4 is 62.4 Å². The van der Waals surface area contributed by atoms with E-state index < -0.39 is 33.7 Å². The molecule has 1 heterocycles. The molecule has 0 unspecified atom stereocenters. The Morgan fingerprint density at radius 2 is 1.53 bits per heavy atom. The summed E-state index contributed by atoms with van der Waals surface area (Å²) in [6.07, 6.45) is 0. The second-order valence-electron chi connectivity index (χ2n) is 7.90. The van der Waals surface area contributed by atoms with E-state index in [2.05, 4.69) is 15.4 Å². The number of carbonyl (C=O) groups is 4. The molecule has 0 saturated carbocycles. The maximum absolute atomic E-state index is 13.0. The summed E-state index contributed by atoms with van der Waals surface area (Å²) in [7, 11) is -2.64. The molecule has 3 aromatic rings. The smallest absolute Gasteiger partial charge is 0.337 e. The molecular formula is C25H19ClN4O7S. The predicted molar refractivity (Wildman–Crippen MR) is 139 cm³/mol. The van der Waals surface area contributed by atoms with Gasteiger partial charge >= 0.3 is 5.97 Å². The molecule has 3 amide bonds. The van der Waals surface area contributed by atoms with Crippen LogP contribution in [0.3, 0.4) is 0 Å². The summed E-state index contributed by atoms with van der Waals surface area (Å²) in [5.41, 5.74) is 1.11. The highest BCUT2D eigenvalue weighted by atomic mass is 35.5. The summed E-state index contributed by atoms with van der Waals surface area (Å²) in [6.45, 7) is 0. The van der Waals surface area contributed by atoms with Crippen molar-refractivity contribution in [3.63, 3.8) is 0 Å². The van der Waals surface area contributed by atoms with Crippen LogP contribution in [0.25, 0.3) is 0 Å². The zero-order valence-electron chi connectivity index (χ0n) is 19.6. The Hall–Kier alpha value is -4.52. The molecule has 1 aliphatic heterocycles. The van der Waals surface area contributed by atoms with Crippen LogP contribution < -0.4 is 20.7 Å². The fourth-order valence-electron chi connectivity index (χ4n) is 3.52. The minimum atomic E-state index is -3.85.